The SMILES string of the molecule is COc1ccc(CNCc2ccc(Cl)cc2)cc1OCCCC#N. The minimum atomic E-state index is 0.491. The fourth-order valence-electron chi connectivity index (χ4n) is 2.23. The fourth-order valence-corrected chi connectivity index (χ4v) is 2.36. The molecule has 0 heterocycles. The van der Waals surface area contributed by atoms with E-state index in [1.807, 2.05) is 42.5 Å². The van der Waals surface area contributed by atoms with Crippen molar-refractivity contribution < 1.29 is 9.47 Å². The molecule has 0 spiro atoms. The number of benzene rings is 2. The first-order valence-corrected chi connectivity index (χ1v) is 8.22. The number of hydrogen-bond donors (Lipinski definition) is 1. The predicted octanol–water partition coefficient (Wildman–Crippen LogP) is 4.32. The van der Waals surface area contributed by atoms with Gasteiger partial charge in [0, 0.05) is 24.5 Å². The number of methoxy groups -OCH3 is 1. The molecule has 0 amide bonds. The second kappa shape index (κ2) is 9.82. The third-order valence-electron chi connectivity index (χ3n) is 3.49. The molecule has 24 heavy (non-hydrogen) atoms. The van der Waals surface area contributed by atoms with E-state index in [9.17, 15) is 0 Å². The molecule has 0 aliphatic rings. The molecule has 0 aromatic heterocycles. The first-order chi connectivity index (χ1) is 11.7. The van der Waals surface area contributed by atoms with Crippen molar-refractivity contribution in [2.75, 3.05) is 13.7 Å². The average Bonchev–Trinajstić information content (AvgIpc) is 2.61. The largest absolute Gasteiger partial charge is 0.493 e. The molecule has 2 rings (SSSR count). The third kappa shape index (κ3) is 5.77. The number of rotatable bonds is 9. The van der Waals surface area contributed by atoms with Crippen molar-refractivity contribution in [1.82, 2.24) is 5.32 Å². The normalized spacial score (nSPS) is 10.2. The van der Waals surface area contributed by atoms with Crippen molar-refractivity contribution in [3.8, 4) is 17.6 Å². The van der Waals surface area contributed by atoms with E-state index in [-0.39, 0.29) is 0 Å². The van der Waals surface area contributed by atoms with Crippen molar-refractivity contribution >= 4 is 11.6 Å². The Morgan fingerprint density at radius 3 is 2.46 bits per heavy atom. The molecule has 0 unspecified atom stereocenters. The van der Waals surface area contributed by atoms with E-state index >= 15 is 0 Å². The molecule has 0 bridgehead atoms. The summed E-state index contributed by atoms with van der Waals surface area (Å²) in [6.45, 7) is 1.99. The van der Waals surface area contributed by atoms with E-state index in [0.717, 1.165) is 23.7 Å². The van der Waals surface area contributed by atoms with Gasteiger partial charge in [-0.3, -0.25) is 0 Å². The lowest BCUT2D eigenvalue weighted by Gasteiger charge is -2.12. The van der Waals surface area contributed by atoms with Gasteiger partial charge in [-0.05, 0) is 41.8 Å². The van der Waals surface area contributed by atoms with Crippen LogP contribution in [0.15, 0.2) is 42.5 Å². The minimum absolute atomic E-state index is 0.491. The van der Waals surface area contributed by atoms with Crippen LogP contribution >= 0.6 is 11.6 Å². The summed E-state index contributed by atoms with van der Waals surface area (Å²) in [5.41, 5.74) is 2.29. The predicted molar refractivity (Wildman–Crippen MR) is 95.3 cm³/mol. The lowest BCUT2D eigenvalue weighted by atomic mass is 10.2. The Hall–Kier alpha value is -2.22. The van der Waals surface area contributed by atoms with E-state index in [0.29, 0.717) is 30.9 Å². The van der Waals surface area contributed by atoms with Gasteiger partial charge in [0.15, 0.2) is 11.5 Å². The van der Waals surface area contributed by atoms with E-state index in [1.54, 1.807) is 7.11 Å². The molecular weight excluding hydrogens is 324 g/mol. The van der Waals surface area contributed by atoms with Gasteiger partial charge in [-0.1, -0.05) is 29.8 Å². The molecule has 4 nitrogen and oxygen atoms in total. The highest BCUT2D eigenvalue weighted by Crippen LogP contribution is 2.28. The van der Waals surface area contributed by atoms with Crippen LogP contribution in [0.25, 0.3) is 0 Å². The second-order valence-electron chi connectivity index (χ2n) is 5.33. The molecule has 2 aromatic carbocycles. The smallest absolute Gasteiger partial charge is 0.161 e. The quantitative estimate of drug-likeness (QED) is 0.688. The maximum absolute atomic E-state index is 8.57. The highest BCUT2D eigenvalue weighted by Gasteiger charge is 2.06. The zero-order chi connectivity index (χ0) is 17.2. The maximum Gasteiger partial charge on any atom is 0.161 e. The van der Waals surface area contributed by atoms with Crippen LogP contribution in [0, 0.1) is 11.3 Å². The molecule has 126 valence electrons. The summed E-state index contributed by atoms with van der Waals surface area (Å²) in [6, 6.07) is 15.8. The van der Waals surface area contributed by atoms with Crippen LogP contribution in [0.2, 0.25) is 5.02 Å². The number of nitriles is 1. The summed E-state index contributed by atoms with van der Waals surface area (Å²) < 4.78 is 11.0. The Balaban J connectivity index is 1.90. The lowest BCUT2D eigenvalue weighted by molar-refractivity contribution is 0.290. The summed E-state index contributed by atoms with van der Waals surface area (Å²) in [5.74, 6) is 1.41. The summed E-state index contributed by atoms with van der Waals surface area (Å²) in [5, 5.41) is 12.7. The Bertz CT molecular complexity index is 681. The van der Waals surface area contributed by atoms with Crippen molar-refractivity contribution in [2.24, 2.45) is 0 Å². The van der Waals surface area contributed by atoms with Gasteiger partial charge in [0.05, 0.1) is 19.8 Å². The molecule has 0 saturated carbocycles. The van der Waals surface area contributed by atoms with Gasteiger partial charge in [0.2, 0.25) is 0 Å². The molecule has 0 atom stereocenters. The van der Waals surface area contributed by atoms with Crippen LogP contribution in [-0.2, 0) is 13.1 Å². The summed E-state index contributed by atoms with van der Waals surface area (Å²) in [6.07, 6.45) is 1.20. The molecule has 2 aromatic rings. The van der Waals surface area contributed by atoms with Gasteiger partial charge in [-0.15, -0.1) is 0 Å². The Kier molecular flexibility index (Phi) is 7.41. The van der Waals surface area contributed by atoms with Gasteiger partial charge in [0.25, 0.3) is 0 Å². The molecule has 1 N–H and O–H groups in total. The molecule has 0 saturated heterocycles. The molecule has 0 radical (unpaired) electrons. The highest BCUT2D eigenvalue weighted by atomic mass is 35.5. The van der Waals surface area contributed by atoms with Crippen molar-refractivity contribution in [2.45, 2.75) is 25.9 Å². The molecule has 0 aliphatic heterocycles. The summed E-state index contributed by atoms with van der Waals surface area (Å²) >= 11 is 5.89. The van der Waals surface area contributed by atoms with Crippen molar-refractivity contribution in [1.29, 1.82) is 5.26 Å². The first-order valence-electron chi connectivity index (χ1n) is 7.84. The van der Waals surface area contributed by atoms with Crippen molar-refractivity contribution in [3.63, 3.8) is 0 Å². The van der Waals surface area contributed by atoms with Gasteiger partial charge in [-0.25, -0.2) is 0 Å². The van der Waals surface area contributed by atoms with E-state index in [2.05, 4.69) is 11.4 Å². The number of halogens is 1. The monoisotopic (exact) mass is 344 g/mol. The van der Waals surface area contributed by atoms with Crippen LogP contribution < -0.4 is 14.8 Å². The summed E-state index contributed by atoms with van der Waals surface area (Å²) in [4.78, 5) is 0. The molecule has 0 fully saturated rings. The van der Waals surface area contributed by atoms with Crippen LogP contribution in [0.4, 0.5) is 0 Å². The van der Waals surface area contributed by atoms with Crippen LogP contribution in [0.3, 0.4) is 0 Å². The topological polar surface area (TPSA) is 54.3 Å². The van der Waals surface area contributed by atoms with Crippen LogP contribution in [0.5, 0.6) is 11.5 Å². The van der Waals surface area contributed by atoms with Gasteiger partial charge < -0.3 is 14.8 Å². The fraction of sp³-hybridized carbons (Fsp3) is 0.316. The van der Waals surface area contributed by atoms with Gasteiger partial charge >= 0.3 is 0 Å². The van der Waals surface area contributed by atoms with Gasteiger partial charge in [-0.2, -0.15) is 5.26 Å². The van der Waals surface area contributed by atoms with E-state index in [4.69, 9.17) is 26.3 Å². The standard InChI is InChI=1S/C19H21ClN2O2/c1-23-18-9-6-16(12-19(18)24-11-3-2-10-21)14-22-13-15-4-7-17(20)8-5-15/h4-9,12,22H,2-3,11,13-14H2,1H3. The zero-order valence-corrected chi connectivity index (χ0v) is 14.5. The molecule has 5 heteroatoms. The number of nitrogens with one attached hydrogen (secondary N) is 1. The maximum atomic E-state index is 8.57. The summed E-state index contributed by atoms with van der Waals surface area (Å²) in [7, 11) is 1.62. The minimum Gasteiger partial charge on any atom is -0.493 e. The van der Waals surface area contributed by atoms with E-state index in [1.165, 1.54) is 5.56 Å². The molecule has 0 aliphatic carbocycles. The average molecular weight is 345 g/mol. The van der Waals surface area contributed by atoms with E-state index < -0.39 is 0 Å². The third-order valence-corrected chi connectivity index (χ3v) is 3.74. The lowest BCUT2D eigenvalue weighted by Crippen LogP contribution is -2.12. The van der Waals surface area contributed by atoms with Crippen molar-refractivity contribution in [3.05, 3.63) is 58.6 Å². The van der Waals surface area contributed by atoms with Crippen LogP contribution in [-0.4, -0.2) is 13.7 Å². The Labute approximate surface area is 148 Å². The second-order valence-corrected chi connectivity index (χ2v) is 5.76. The van der Waals surface area contributed by atoms with Crippen LogP contribution in [0.1, 0.15) is 24.0 Å². The number of hydrogen-bond acceptors (Lipinski definition) is 4. The van der Waals surface area contributed by atoms with Gasteiger partial charge in [0.1, 0.15) is 0 Å². The Morgan fingerprint density at radius 2 is 1.75 bits per heavy atom. The highest BCUT2D eigenvalue weighted by molar-refractivity contribution is 6.30. The number of unbranched alkanes of at least 4 members (excludes halogenated alkanes) is 1. The number of ether oxygens (including phenoxy) is 2. The number of nitrogens with zero attached hydrogens (tertiary/aromatic N) is 1. The zero-order valence-electron chi connectivity index (χ0n) is 13.7. The first kappa shape index (κ1) is 18.1. The Morgan fingerprint density at radius 1 is 1.04 bits per heavy atom. The molecular formula is C19H21ClN2O2.